The minimum absolute atomic E-state index is 0.0337. The zero-order valence-electron chi connectivity index (χ0n) is 21.6. The second kappa shape index (κ2) is 9.72. The number of piperidine rings is 1. The fraction of sp³-hybridized carbons (Fsp3) is 0.423. The maximum Gasteiger partial charge on any atom is 0.264 e. The maximum absolute atomic E-state index is 14.1. The van der Waals surface area contributed by atoms with Gasteiger partial charge in [-0.05, 0) is 43.1 Å². The second-order valence-electron chi connectivity index (χ2n) is 10.2. The summed E-state index contributed by atoms with van der Waals surface area (Å²) in [5, 5.41) is 14.4. The highest BCUT2D eigenvalue weighted by Gasteiger charge is 2.52. The number of allylic oxidation sites excluding steroid dienone is 4. The first-order valence-corrected chi connectivity index (χ1v) is 15.2. The van der Waals surface area contributed by atoms with Crippen molar-refractivity contribution < 1.29 is 17.6 Å². The van der Waals surface area contributed by atoms with Crippen molar-refractivity contribution in [2.24, 2.45) is 11.3 Å². The molecule has 2 aliphatic carbocycles. The lowest BCUT2D eigenvalue weighted by molar-refractivity contribution is 0.0775. The lowest BCUT2D eigenvalue weighted by Gasteiger charge is -2.44. The fourth-order valence-electron chi connectivity index (χ4n) is 5.56. The summed E-state index contributed by atoms with van der Waals surface area (Å²) in [5.74, 6) is -0.488. The Labute approximate surface area is 229 Å². The number of aryl methyl sites for hydroxylation is 1. The highest BCUT2D eigenvalue weighted by atomic mass is 32.2. The molecule has 1 saturated heterocycles. The Bertz CT molecular complexity index is 1620. The van der Waals surface area contributed by atoms with E-state index < -0.39 is 21.6 Å². The van der Waals surface area contributed by atoms with E-state index in [0.717, 1.165) is 28.9 Å². The molecule has 3 aromatic heterocycles. The number of nitrogens with zero attached hydrogens (tertiary/aromatic N) is 7. The number of alkyl halides is 1. The van der Waals surface area contributed by atoms with Crippen molar-refractivity contribution in [1.29, 1.82) is 0 Å². The molecule has 2 unspecified atom stereocenters. The number of sulfonamides is 1. The molecule has 0 spiro atoms. The van der Waals surface area contributed by atoms with E-state index in [9.17, 15) is 17.6 Å². The topological polar surface area (TPSA) is 116 Å². The number of rotatable bonds is 7. The molecule has 1 fully saturated rings. The van der Waals surface area contributed by atoms with Crippen LogP contribution in [0.3, 0.4) is 0 Å². The zero-order valence-corrected chi connectivity index (χ0v) is 23.2. The van der Waals surface area contributed by atoms with Crippen LogP contribution in [0.4, 0.5) is 4.39 Å². The quantitative estimate of drug-likeness (QED) is 0.399. The number of aromatic nitrogens is 6. The molecule has 0 aromatic carbocycles. The third-order valence-electron chi connectivity index (χ3n) is 7.65. The maximum atomic E-state index is 14.1. The van der Waals surface area contributed by atoms with Gasteiger partial charge in [0.1, 0.15) is 6.17 Å². The van der Waals surface area contributed by atoms with Gasteiger partial charge in [0.2, 0.25) is 10.8 Å². The Hall–Kier alpha value is -3.29. The van der Waals surface area contributed by atoms with Crippen molar-refractivity contribution in [3.05, 3.63) is 64.0 Å². The van der Waals surface area contributed by atoms with E-state index >= 15 is 0 Å². The van der Waals surface area contributed by atoms with E-state index in [1.54, 1.807) is 28.5 Å². The molecule has 3 aliphatic rings. The van der Waals surface area contributed by atoms with Crippen LogP contribution in [0.1, 0.15) is 47.7 Å². The Morgan fingerprint density at radius 3 is 2.92 bits per heavy atom. The minimum atomic E-state index is -3.98. The standard InChI is InChI=1S/C26H28FN7O3S2/c1-3-8-32-15-23(30-31-32)39(36,37)33-9-6-19-12-22-18(13-26(19,16-33)24(35)25-28-7-10-38-25)14-29-34(22)20-4-5-21(27)17(2)11-20/h4-5,7,10-12,14-15,17,21H,3,6,8-9,13,16H2,1-2H3/t17?,21?,26-/m0/s1. The van der Waals surface area contributed by atoms with E-state index in [1.165, 1.54) is 32.6 Å². The number of carbonyl (C=O) groups excluding carboxylic acids is 1. The molecule has 204 valence electrons. The largest absolute Gasteiger partial charge is 0.290 e. The first-order chi connectivity index (χ1) is 18.7. The van der Waals surface area contributed by atoms with Gasteiger partial charge in [0.15, 0.2) is 5.01 Å². The van der Waals surface area contributed by atoms with Crippen LogP contribution in [0.25, 0.3) is 11.8 Å². The van der Waals surface area contributed by atoms with E-state index in [-0.39, 0.29) is 36.2 Å². The van der Waals surface area contributed by atoms with Crippen LogP contribution in [0.5, 0.6) is 0 Å². The number of fused-ring (bicyclic) bond motifs is 2. The average molecular weight is 570 g/mol. The summed E-state index contributed by atoms with van der Waals surface area (Å²) >= 11 is 1.24. The molecule has 0 radical (unpaired) electrons. The van der Waals surface area contributed by atoms with Gasteiger partial charge in [0.25, 0.3) is 10.0 Å². The zero-order chi connectivity index (χ0) is 27.4. The highest BCUT2D eigenvalue weighted by molar-refractivity contribution is 7.89. The van der Waals surface area contributed by atoms with Gasteiger partial charge in [-0.2, -0.15) is 9.40 Å². The molecule has 13 heteroatoms. The first-order valence-electron chi connectivity index (χ1n) is 12.9. The molecule has 1 aliphatic heterocycles. The van der Waals surface area contributed by atoms with E-state index in [4.69, 9.17) is 0 Å². The summed E-state index contributed by atoms with van der Waals surface area (Å²) in [6.45, 7) is 4.52. The molecular formula is C26H28FN7O3S2. The van der Waals surface area contributed by atoms with Crippen LogP contribution in [-0.4, -0.2) is 67.5 Å². The molecule has 3 aromatic rings. The van der Waals surface area contributed by atoms with Crippen molar-refractivity contribution >= 4 is 38.9 Å². The third kappa shape index (κ3) is 4.32. The predicted molar refractivity (Wildman–Crippen MR) is 144 cm³/mol. The number of hydrogen-bond acceptors (Lipinski definition) is 8. The molecule has 4 heterocycles. The smallest absolute Gasteiger partial charge is 0.264 e. The van der Waals surface area contributed by atoms with Gasteiger partial charge < -0.3 is 0 Å². The normalized spacial score (nSPS) is 25.1. The molecule has 0 N–H and O–H groups in total. The second-order valence-corrected chi connectivity index (χ2v) is 13.0. The van der Waals surface area contributed by atoms with Gasteiger partial charge >= 0.3 is 0 Å². The van der Waals surface area contributed by atoms with Crippen molar-refractivity contribution in [2.75, 3.05) is 13.1 Å². The monoisotopic (exact) mass is 569 g/mol. The van der Waals surface area contributed by atoms with Gasteiger partial charge in [-0.25, -0.2) is 22.5 Å². The summed E-state index contributed by atoms with van der Waals surface area (Å²) in [4.78, 5) is 18.3. The third-order valence-corrected chi connectivity index (χ3v) is 10.1. The van der Waals surface area contributed by atoms with E-state index in [0.29, 0.717) is 18.0 Å². The predicted octanol–water partition coefficient (Wildman–Crippen LogP) is 3.63. The summed E-state index contributed by atoms with van der Waals surface area (Å²) in [6, 6.07) is 0. The molecule has 39 heavy (non-hydrogen) atoms. The van der Waals surface area contributed by atoms with Crippen LogP contribution in [-0.2, 0) is 23.0 Å². The van der Waals surface area contributed by atoms with Gasteiger partial charge in [-0.1, -0.05) is 30.7 Å². The van der Waals surface area contributed by atoms with Crippen LogP contribution in [0.15, 0.2) is 52.8 Å². The number of ketones is 1. The molecule has 6 rings (SSSR count). The summed E-state index contributed by atoms with van der Waals surface area (Å²) < 4.78 is 46.0. The number of thiazole rings is 1. The van der Waals surface area contributed by atoms with Gasteiger partial charge in [0.05, 0.1) is 29.2 Å². The molecule has 0 amide bonds. The Kier molecular flexibility index (Phi) is 6.47. The van der Waals surface area contributed by atoms with Crippen LogP contribution >= 0.6 is 11.3 Å². The van der Waals surface area contributed by atoms with E-state index in [2.05, 4.69) is 20.4 Å². The van der Waals surface area contributed by atoms with Crippen molar-refractivity contribution in [3.63, 3.8) is 0 Å². The van der Waals surface area contributed by atoms with Crippen LogP contribution < -0.4 is 0 Å². The summed E-state index contributed by atoms with van der Waals surface area (Å²) in [6.07, 6.45) is 12.2. The number of hydrogen-bond donors (Lipinski definition) is 0. The van der Waals surface area contributed by atoms with Gasteiger partial charge in [-0.3, -0.25) is 9.48 Å². The number of Topliss-reactive ketones (excluding diaryl/α,β-unsaturated/α-hetero) is 1. The lowest BCUT2D eigenvalue weighted by Crippen LogP contribution is -2.53. The Balaban J connectivity index is 1.40. The fourth-order valence-corrected chi connectivity index (χ4v) is 7.62. The molecule has 0 bridgehead atoms. The van der Waals surface area contributed by atoms with Gasteiger partial charge in [-0.15, -0.1) is 16.4 Å². The minimum Gasteiger partial charge on any atom is -0.290 e. The Morgan fingerprint density at radius 1 is 1.33 bits per heavy atom. The van der Waals surface area contributed by atoms with Crippen molar-refractivity contribution in [3.8, 4) is 0 Å². The van der Waals surface area contributed by atoms with Crippen molar-refractivity contribution in [1.82, 2.24) is 34.1 Å². The van der Waals surface area contributed by atoms with Crippen molar-refractivity contribution in [2.45, 2.75) is 50.9 Å². The molecule has 3 atom stereocenters. The van der Waals surface area contributed by atoms with Crippen LogP contribution in [0.2, 0.25) is 0 Å². The number of halogens is 1. The van der Waals surface area contributed by atoms with E-state index in [1.807, 2.05) is 26.0 Å². The highest BCUT2D eigenvalue weighted by Crippen LogP contribution is 2.47. The molecular weight excluding hydrogens is 541 g/mol. The first kappa shape index (κ1) is 26.0. The number of carbonyl (C=O) groups is 1. The van der Waals surface area contributed by atoms with Crippen LogP contribution in [0, 0.1) is 11.3 Å². The Morgan fingerprint density at radius 2 is 2.18 bits per heavy atom. The van der Waals surface area contributed by atoms with Gasteiger partial charge in [0, 0.05) is 37.1 Å². The molecule has 10 nitrogen and oxygen atoms in total. The lowest BCUT2D eigenvalue weighted by atomic mass is 9.66. The average Bonchev–Trinajstić information content (AvgIpc) is 3.70. The molecule has 0 saturated carbocycles. The summed E-state index contributed by atoms with van der Waals surface area (Å²) in [7, 11) is -3.98. The summed E-state index contributed by atoms with van der Waals surface area (Å²) in [5.41, 5.74) is 2.13. The SMILES string of the molecule is CCCn1cc(S(=O)(=O)N2CCC3=Cc4c(cnn4C4=CC(C)C(F)C=C4)C[C@]3(C(=O)c3nccs3)C2)nn1.